The fraction of sp³-hybridized carbons (Fsp3) is 0.455. The van der Waals surface area contributed by atoms with E-state index in [2.05, 4.69) is 11.0 Å². The van der Waals surface area contributed by atoms with Crippen LogP contribution >= 0.6 is 0 Å². The van der Waals surface area contributed by atoms with Gasteiger partial charge in [-0.1, -0.05) is 12.1 Å². The van der Waals surface area contributed by atoms with E-state index >= 15 is 0 Å². The van der Waals surface area contributed by atoms with E-state index in [9.17, 15) is 24.7 Å². The predicted octanol–water partition coefficient (Wildman–Crippen LogP) is 3.83. The molecule has 0 radical (unpaired) electrons. The van der Waals surface area contributed by atoms with Gasteiger partial charge in [0.1, 0.15) is 29.7 Å². The van der Waals surface area contributed by atoms with Gasteiger partial charge in [-0.3, -0.25) is 4.90 Å². The summed E-state index contributed by atoms with van der Waals surface area (Å²) in [6, 6.07) is 9.92. The maximum absolute atomic E-state index is 14.5. The van der Waals surface area contributed by atoms with Crippen LogP contribution in [0.3, 0.4) is 0 Å². The van der Waals surface area contributed by atoms with E-state index in [0.29, 0.717) is 60.0 Å². The molecular formula is C33H34FN5O6. The standard InChI is InChI=1S/C33H34FN5O6/c1-19-28-27(31(42)45-29(19)25-12-24(41)11-20-5-2-6-21(14-35)26(20)25)30(39-9-4-10-43-17-23(39)16-40)37-32(36-28)44-18-33-7-3-8-38(33)15-22(34)13-33/h2,5-6,11-12,22-23,40-41H,3-4,7-10,13,15-18H2,1H3/t22-,23+,33+/m1/s1. The number of nitriles is 1. The third-order valence-corrected chi connectivity index (χ3v) is 9.44. The minimum absolute atomic E-state index is 0.0287. The predicted molar refractivity (Wildman–Crippen MR) is 164 cm³/mol. The van der Waals surface area contributed by atoms with Crippen LogP contribution in [0.2, 0.25) is 0 Å². The van der Waals surface area contributed by atoms with Gasteiger partial charge in [-0.15, -0.1) is 0 Å². The highest BCUT2D eigenvalue weighted by molar-refractivity contribution is 6.03. The monoisotopic (exact) mass is 615 g/mol. The van der Waals surface area contributed by atoms with Crippen molar-refractivity contribution in [2.24, 2.45) is 0 Å². The highest BCUT2D eigenvalue weighted by atomic mass is 19.1. The molecule has 3 aliphatic rings. The van der Waals surface area contributed by atoms with Crippen LogP contribution in [-0.4, -0.2) is 88.9 Å². The van der Waals surface area contributed by atoms with Crippen molar-refractivity contribution in [2.75, 3.05) is 51.0 Å². The molecule has 5 heterocycles. The van der Waals surface area contributed by atoms with Crippen molar-refractivity contribution in [3.05, 3.63) is 51.9 Å². The zero-order valence-electron chi connectivity index (χ0n) is 25.0. The van der Waals surface area contributed by atoms with Crippen LogP contribution in [0.4, 0.5) is 10.2 Å². The third-order valence-electron chi connectivity index (χ3n) is 9.44. The van der Waals surface area contributed by atoms with Crippen LogP contribution in [0, 0.1) is 18.3 Å². The van der Waals surface area contributed by atoms with Gasteiger partial charge >= 0.3 is 11.6 Å². The summed E-state index contributed by atoms with van der Waals surface area (Å²) in [4.78, 5) is 27.4. The van der Waals surface area contributed by atoms with E-state index in [-0.39, 0.29) is 54.1 Å². The van der Waals surface area contributed by atoms with E-state index in [1.54, 1.807) is 31.2 Å². The van der Waals surface area contributed by atoms with Crippen LogP contribution in [0.5, 0.6) is 11.8 Å². The molecule has 0 unspecified atom stereocenters. The number of aromatic nitrogens is 2. The lowest BCUT2D eigenvalue weighted by molar-refractivity contribution is 0.107. The number of phenols is 1. The Hall–Kier alpha value is -4.31. The molecule has 0 saturated carbocycles. The Balaban J connectivity index is 1.43. The molecule has 7 rings (SSSR count). The summed E-state index contributed by atoms with van der Waals surface area (Å²) in [6.45, 7) is 4.10. The molecule has 2 aromatic heterocycles. The molecule has 0 amide bonds. The van der Waals surface area contributed by atoms with Crippen LogP contribution in [0.25, 0.3) is 33.0 Å². The largest absolute Gasteiger partial charge is 0.508 e. The molecule has 3 fully saturated rings. The first-order valence-electron chi connectivity index (χ1n) is 15.3. The summed E-state index contributed by atoms with van der Waals surface area (Å²) in [5.41, 5.74) is 0.344. The number of phenolic OH excluding ortho intramolecular Hbond substituents is 1. The molecule has 2 N–H and O–H groups in total. The van der Waals surface area contributed by atoms with Gasteiger partial charge in [0.2, 0.25) is 0 Å². The fourth-order valence-electron chi connectivity index (χ4n) is 7.34. The van der Waals surface area contributed by atoms with Gasteiger partial charge in [0.25, 0.3) is 0 Å². The first-order chi connectivity index (χ1) is 21.8. The maximum atomic E-state index is 14.5. The van der Waals surface area contributed by atoms with E-state index in [0.717, 1.165) is 19.4 Å². The van der Waals surface area contributed by atoms with E-state index in [1.807, 2.05) is 4.90 Å². The Morgan fingerprint density at radius 2 is 2.09 bits per heavy atom. The summed E-state index contributed by atoms with van der Waals surface area (Å²) in [5.74, 6) is 0.360. The van der Waals surface area contributed by atoms with Crippen LogP contribution in [0.15, 0.2) is 39.5 Å². The number of alkyl halides is 1. The number of nitrogens with zero attached hydrogens (tertiary/aromatic N) is 5. The summed E-state index contributed by atoms with van der Waals surface area (Å²) < 4.78 is 32.5. The first kappa shape index (κ1) is 29.4. The lowest BCUT2D eigenvalue weighted by Gasteiger charge is -2.32. The van der Waals surface area contributed by atoms with Crippen molar-refractivity contribution in [1.82, 2.24) is 14.9 Å². The van der Waals surface area contributed by atoms with Crippen molar-refractivity contribution in [3.8, 4) is 29.2 Å². The molecule has 11 nitrogen and oxygen atoms in total. The number of hydrogen-bond donors (Lipinski definition) is 2. The maximum Gasteiger partial charge on any atom is 0.349 e. The normalized spacial score (nSPS) is 23.7. The molecule has 0 bridgehead atoms. The lowest BCUT2D eigenvalue weighted by Crippen LogP contribution is -2.44. The second kappa shape index (κ2) is 11.6. The minimum atomic E-state index is -0.922. The van der Waals surface area contributed by atoms with Crippen LogP contribution in [0.1, 0.15) is 36.8 Å². The Morgan fingerprint density at radius 1 is 1.22 bits per heavy atom. The number of rotatable bonds is 6. The number of halogens is 1. The highest BCUT2D eigenvalue weighted by Crippen LogP contribution is 2.41. The number of anilines is 1. The molecule has 2 aromatic carbocycles. The van der Waals surface area contributed by atoms with Crippen molar-refractivity contribution in [1.29, 1.82) is 5.26 Å². The minimum Gasteiger partial charge on any atom is -0.508 e. The Labute approximate surface area is 258 Å². The summed E-state index contributed by atoms with van der Waals surface area (Å²) >= 11 is 0. The molecule has 234 valence electrons. The van der Waals surface area contributed by atoms with Crippen molar-refractivity contribution in [3.63, 3.8) is 0 Å². The topological polar surface area (TPSA) is 145 Å². The molecule has 12 heteroatoms. The number of benzene rings is 2. The van der Waals surface area contributed by atoms with E-state index in [4.69, 9.17) is 23.9 Å². The SMILES string of the molecule is Cc1c(-c2cc(O)cc3cccc(C#N)c23)oc(=O)c2c(N3CCCOC[C@@H]3CO)nc(OC[C@@]34CCCN3C[C@H](F)C4)nc12. The molecule has 3 atom stereocenters. The van der Waals surface area contributed by atoms with Gasteiger partial charge in [0, 0.05) is 42.6 Å². The Morgan fingerprint density at radius 3 is 2.91 bits per heavy atom. The van der Waals surface area contributed by atoms with Gasteiger partial charge < -0.3 is 29.0 Å². The molecule has 3 aliphatic heterocycles. The summed E-state index contributed by atoms with van der Waals surface area (Å²) in [6.07, 6.45) is 1.86. The molecule has 0 spiro atoms. The average Bonchev–Trinajstić information content (AvgIpc) is 3.44. The van der Waals surface area contributed by atoms with Gasteiger partial charge in [-0.25, -0.2) is 9.18 Å². The Kier molecular flexibility index (Phi) is 7.55. The van der Waals surface area contributed by atoms with Crippen molar-refractivity contribution < 1.29 is 28.5 Å². The zero-order chi connectivity index (χ0) is 31.3. The fourth-order valence-corrected chi connectivity index (χ4v) is 7.34. The number of aryl methyl sites for hydroxylation is 1. The number of aromatic hydroxyl groups is 1. The Bertz CT molecular complexity index is 1890. The molecule has 45 heavy (non-hydrogen) atoms. The quantitative estimate of drug-likeness (QED) is 0.326. The number of ether oxygens (including phenoxy) is 2. The summed E-state index contributed by atoms with van der Waals surface area (Å²) in [5, 5.41) is 32.0. The first-order valence-corrected chi connectivity index (χ1v) is 15.3. The van der Waals surface area contributed by atoms with Crippen LogP contribution < -0.4 is 15.3 Å². The van der Waals surface area contributed by atoms with Gasteiger partial charge in [0.05, 0.1) is 41.9 Å². The third kappa shape index (κ3) is 5.05. The van der Waals surface area contributed by atoms with Gasteiger partial charge in [-0.05, 0) is 56.3 Å². The van der Waals surface area contributed by atoms with E-state index in [1.165, 1.54) is 6.07 Å². The van der Waals surface area contributed by atoms with Crippen molar-refractivity contribution in [2.45, 2.75) is 50.4 Å². The molecule has 3 saturated heterocycles. The van der Waals surface area contributed by atoms with E-state index < -0.39 is 23.4 Å². The smallest absolute Gasteiger partial charge is 0.349 e. The van der Waals surface area contributed by atoms with Crippen molar-refractivity contribution >= 4 is 27.5 Å². The van der Waals surface area contributed by atoms with Crippen LogP contribution in [-0.2, 0) is 4.74 Å². The molecular weight excluding hydrogens is 581 g/mol. The zero-order valence-corrected chi connectivity index (χ0v) is 25.0. The summed E-state index contributed by atoms with van der Waals surface area (Å²) in [7, 11) is 0. The molecule has 0 aliphatic carbocycles. The van der Waals surface area contributed by atoms with Gasteiger partial charge in [0.15, 0.2) is 5.82 Å². The molecule has 4 aromatic rings. The highest BCUT2D eigenvalue weighted by Gasteiger charge is 2.49. The lowest BCUT2D eigenvalue weighted by atomic mass is 9.95. The second-order valence-electron chi connectivity index (χ2n) is 12.2. The van der Waals surface area contributed by atoms with Gasteiger partial charge in [-0.2, -0.15) is 15.2 Å². The number of aliphatic hydroxyl groups is 1. The number of fused-ring (bicyclic) bond motifs is 3. The number of aliphatic hydroxyl groups excluding tert-OH is 1. The second-order valence-corrected chi connectivity index (χ2v) is 12.2. The number of hydrogen-bond acceptors (Lipinski definition) is 11. The average molecular weight is 616 g/mol.